The Morgan fingerprint density at radius 2 is 2.36 bits per heavy atom. The average Bonchev–Trinajstić information content (AvgIpc) is 2.62. The van der Waals surface area contributed by atoms with Crippen molar-refractivity contribution in [1.82, 2.24) is 5.32 Å². The van der Waals surface area contributed by atoms with E-state index in [0.29, 0.717) is 17.8 Å². The average molecular weight is 194 g/mol. The molecule has 2 nitrogen and oxygen atoms in total. The van der Waals surface area contributed by atoms with Crippen LogP contribution in [0.3, 0.4) is 0 Å². The first-order valence-corrected chi connectivity index (χ1v) is 4.93. The molecule has 1 aromatic rings. The Hall–Kier alpha value is -1.09. The highest BCUT2D eigenvalue weighted by molar-refractivity contribution is 5.58. The third-order valence-electron chi connectivity index (χ3n) is 2.93. The van der Waals surface area contributed by atoms with Gasteiger partial charge in [0.2, 0.25) is 0 Å². The lowest BCUT2D eigenvalue weighted by molar-refractivity contribution is 0.526. The molecule has 0 spiro atoms. The van der Waals surface area contributed by atoms with Gasteiger partial charge in [0.15, 0.2) is 0 Å². The van der Waals surface area contributed by atoms with Gasteiger partial charge in [0.1, 0.15) is 5.82 Å². The highest BCUT2D eigenvalue weighted by Gasteiger charge is 2.26. The van der Waals surface area contributed by atoms with Crippen LogP contribution < -0.4 is 10.6 Å². The number of benzene rings is 1. The smallest absolute Gasteiger partial charge is 0.146 e. The third-order valence-corrected chi connectivity index (χ3v) is 2.93. The Kier molecular flexibility index (Phi) is 2.42. The molecule has 76 valence electrons. The van der Waals surface area contributed by atoms with Gasteiger partial charge in [-0.3, -0.25) is 0 Å². The van der Waals surface area contributed by atoms with E-state index in [0.717, 1.165) is 12.0 Å². The van der Waals surface area contributed by atoms with Gasteiger partial charge in [0.05, 0.1) is 5.69 Å². The van der Waals surface area contributed by atoms with Crippen LogP contribution in [0.15, 0.2) is 18.2 Å². The van der Waals surface area contributed by atoms with E-state index in [1.165, 1.54) is 6.07 Å². The molecule has 2 rings (SSSR count). The molecule has 0 aromatic heterocycles. The van der Waals surface area contributed by atoms with Crippen molar-refractivity contribution in [3.63, 3.8) is 0 Å². The Morgan fingerprint density at radius 3 is 3.00 bits per heavy atom. The fourth-order valence-electron chi connectivity index (χ4n) is 1.88. The maximum atomic E-state index is 13.3. The summed E-state index contributed by atoms with van der Waals surface area (Å²) in [5.41, 5.74) is 1.76. The van der Waals surface area contributed by atoms with Crippen molar-refractivity contribution in [3.05, 3.63) is 29.6 Å². The number of hydrogen-bond acceptors (Lipinski definition) is 2. The summed E-state index contributed by atoms with van der Waals surface area (Å²) >= 11 is 0. The van der Waals surface area contributed by atoms with Crippen molar-refractivity contribution >= 4 is 5.69 Å². The number of fused-ring (bicyclic) bond motifs is 1. The van der Waals surface area contributed by atoms with E-state index in [9.17, 15) is 4.39 Å². The zero-order valence-electron chi connectivity index (χ0n) is 8.47. The second kappa shape index (κ2) is 3.58. The van der Waals surface area contributed by atoms with E-state index >= 15 is 0 Å². The van der Waals surface area contributed by atoms with Crippen LogP contribution >= 0.6 is 0 Å². The lowest BCUT2D eigenvalue weighted by Crippen LogP contribution is -2.38. The summed E-state index contributed by atoms with van der Waals surface area (Å²) < 4.78 is 13.3. The van der Waals surface area contributed by atoms with Gasteiger partial charge in [0.25, 0.3) is 0 Å². The van der Waals surface area contributed by atoms with E-state index < -0.39 is 0 Å². The number of anilines is 1. The van der Waals surface area contributed by atoms with Crippen LogP contribution in [0.2, 0.25) is 0 Å². The molecule has 1 heterocycles. The van der Waals surface area contributed by atoms with Gasteiger partial charge in [-0.1, -0.05) is 12.1 Å². The van der Waals surface area contributed by atoms with Gasteiger partial charge in [-0.25, -0.2) is 4.39 Å². The molecule has 0 amide bonds. The predicted octanol–water partition coefficient (Wildman–Crippen LogP) is 1.77. The first-order chi connectivity index (χ1) is 6.72. The van der Waals surface area contributed by atoms with Crippen LogP contribution in [-0.4, -0.2) is 19.1 Å². The van der Waals surface area contributed by atoms with Crippen molar-refractivity contribution in [2.45, 2.75) is 25.4 Å². The van der Waals surface area contributed by atoms with Crippen molar-refractivity contribution in [1.29, 1.82) is 0 Å². The second-order valence-electron chi connectivity index (χ2n) is 3.81. The Morgan fingerprint density at radius 1 is 1.57 bits per heavy atom. The molecular formula is C11H15FN2. The third kappa shape index (κ3) is 1.48. The molecule has 0 saturated carbocycles. The Balaban J connectivity index is 2.22. The number of hydrogen-bond donors (Lipinski definition) is 2. The minimum absolute atomic E-state index is 0.145. The van der Waals surface area contributed by atoms with Crippen LogP contribution in [0.4, 0.5) is 10.1 Å². The normalized spacial score (nSPS) is 21.5. The molecule has 0 saturated heterocycles. The summed E-state index contributed by atoms with van der Waals surface area (Å²) in [4.78, 5) is 0. The standard InChI is InChI=1S/C11H15FN2/c1-7(13-2)10-6-8-4-3-5-9(12)11(8)14-10/h3-5,7,10,13-14H,6H2,1-2H3. The van der Waals surface area contributed by atoms with E-state index in [4.69, 9.17) is 0 Å². The zero-order chi connectivity index (χ0) is 10.1. The van der Waals surface area contributed by atoms with Gasteiger partial charge in [-0.2, -0.15) is 0 Å². The first kappa shape index (κ1) is 9.46. The molecule has 2 unspecified atom stereocenters. The fourth-order valence-corrected chi connectivity index (χ4v) is 1.88. The second-order valence-corrected chi connectivity index (χ2v) is 3.81. The lowest BCUT2D eigenvalue weighted by Gasteiger charge is -2.19. The summed E-state index contributed by atoms with van der Waals surface area (Å²) in [6, 6.07) is 5.89. The number of halogens is 1. The summed E-state index contributed by atoms with van der Waals surface area (Å²) in [5.74, 6) is -0.145. The van der Waals surface area contributed by atoms with Gasteiger partial charge in [-0.05, 0) is 32.0 Å². The molecule has 0 radical (unpaired) electrons. The summed E-state index contributed by atoms with van der Waals surface area (Å²) in [5, 5.41) is 6.39. The lowest BCUT2D eigenvalue weighted by atomic mass is 10.1. The molecule has 2 N–H and O–H groups in total. The molecule has 2 atom stereocenters. The van der Waals surface area contributed by atoms with Crippen molar-refractivity contribution < 1.29 is 4.39 Å². The molecule has 0 fully saturated rings. The van der Waals surface area contributed by atoms with Crippen LogP contribution in [0.1, 0.15) is 12.5 Å². The summed E-state index contributed by atoms with van der Waals surface area (Å²) in [6.45, 7) is 2.10. The molecule has 1 aliphatic heterocycles. The predicted molar refractivity (Wildman–Crippen MR) is 56.0 cm³/mol. The molecule has 1 aromatic carbocycles. The van der Waals surface area contributed by atoms with Crippen LogP contribution in [0, 0.1) is 5.82 Å². The number of rotatable bonds is 2. The topological polar surface area (TPSA) is 24.1 Å². The molecule has 0 aliphatic carbocycles. The quantitative estimate of drug-likeness (QED) is 0.749. The van der Waals surface area contributed by atoms with Crippen LogP contribution in [0.25, 0.3) is 0 Å². The fraction of sp³-hybridized carbons (Fsp3) is 0.455. The van der Waals surface area contributed by atoms with E-state index in [1.54, 1.807) is 6.07 Å². The van der Waals surface area contributed by atoms with Crippen LogP contribution in [0.5, 0.6) is 0 Å². The molecule has 14 heavy (non-hydrogen) atoms. The number of likely N-dealkylation sites (N-methyl/N-ethyl adjacent to an activating group) is 1. The zero-order valence-corrected chi connectivity index (χ0v) is 8.47. The highest BCUT2D eigenvalue weighted by atomic mass is 19.1. The number of para-hydroxylation sites is 1. The van der Waals surface area contributed by atoms with Crippen LogP contribution in [-0.2, 0) is 6.42 Å². The maximum absolute atomic E-state index is 13.3. The van der Waals surface area contributed by atoms with Crippen molar-refractivity contribution in [2.24, 2.45) is 0 Å². The minimum atomic E-state index is -0.145. The largest absolute Gasteiger partial charge is 0.378 e. The SMILES string of the molecule is CNC(C)C1Cc2cccc(F)c2N1. The van der Waals surface area contributed by atoms with Gasteiger partial charge in [0, 0.05) is 12.1 Å². The van der Waals surface area contributed by atoms with Gasteiger partial charge >= 0.3 is 0 Å². The Labute approximate surface area is 83.5 Å². The van der Waals surface area contributed by atoms with E-state index in [1.807, 2.05) is 13.1 Å². The number of nitrogens with one attached hydrogen (secondary N) is 2. The van der Waals surface area contributed by atoms with Gasteiger partial charge in [-0.15, -0.1) is 0 Å². The molecular weight excluding hydrogens is 179 g/mol. The molecule has 0 bridgehead atoms. The van der Waals surface area contributed by atoms with Crippen molar-refractivity contribution in [3.8, 4) is 0 Å². The molecule has 1 aliphatic rings. The molecule has 3 heteroatoms. The van der Waals surface area contributed by atoms with Gasteiger partial charge < -0.3 is 10.6 Å². The first-order valence-electron chi connectivity index (χ1n) is 4.93. The Bertz CT molecular complexity index is 338. The highest BCUT2D eigenvalue weighted by Crippen LogP contribution is 2.29. The van der Waals surface area contributed by atoms with Crippen molar-refractivity contribution in [2.75, 3.05) is 12.4 Å². The summed E-state index contributed by atoms with van der Waals surface area (Å²) in [6.07, 6.45) is 0.898. The summed E-state index contributed by atoms with van der Waals surface area (Å²) in [7, 11) is 1.92. The maximum Gasteiger partial charge on any atom is 0.146 e. The minimum Gasteiger partial charge on any atom is -0.378 e. The van der Waals surface area contributed by atoms with E-state index in [2.05, 4.69) is 17.6 Å². The van der Waals surface area contributed by atoms with E-state index in [-0.39, 0.29) is 5.82 Å². The monoisotopic (exact) mass is 194 g/mol.